The summed E-state index contributed by atoms with van der Waals surface area (Å²) in [4.78, 5) is 23.9. The summed E-state index contributed by atoms with van der Waals surface area (Å²) in [5, 5.41) is 19.8. The van der Waals surface area contributed by atoms with Crippen LogP contribution in [0.15, 0.2) is 42.0 Å². The fourth-order valence-corrected chi connectivity index (χ4v) is 1.97. The third kappa shape index (κ3) is 2.22. The molecule has 4 nitrogen and oxygen atoms in total. The molecule has 0 radical (unpaired) electrons. The third-order valence-corrected chi connectivity index (χ3v) is 3.16. The first-order valence-electron chi connectivity index (χ1n) is 5.87. The van der Waals surface area contributed by atoms with Crippen molar-refractivity contribution in [2.24, 2.45) is 0 Å². The van der Waals surface area contributed by atoms with E-state index in [1.165, 1.54) is 6.07 Å². The van der Waals surface area contributed by atoms with E-state index in [2.05, 4.69) is 6.58 Å². The number of ketones is 2. The van der Waals surface area contributed by atoms with Crippen molar-refractivity contribution in [3.8, 4) is 0 Å². The highest BCUT2D eigenvalue weighted by atomic mass is 16.3. The van der Waals surface area contributed by atoms with Gasteiger partial charge in [-0.3, -0.25) is 9.59 Å². The summed E-state index contributed by atoms with van der Waals surface area (Å²) in [5.41, 5.74) is 0.938. The van der Waals surface area contributed by atoms with Gasteiger partial charge < -0.3 is 10.2 Å². The number of rotatable bonds is 3. The first-order valence-corrected chi connectivity index (χ1v) is 5.87. The van der Waals surface area contributed by atoms with Crippen LogP contribution in [0, 0.1) is 0 Å². The summed E-state index contributed by atoms with van der Waals surface area (Å²) < 4.78 is 0. The number of carbonyl (C=O) groups excluding carboxylic acids is 2. The molecular weight excluding hydrogens is 244 g/mol. The lowest BCUT2D eigenvalue weighted by atomic mass is 9.85. The Kier molecular flexibility index (Phi) is 3.36. The number of aliphatic hydroxyl groups is 2. The summed E-state index contributed by atoms with van der Waals surface area (Å²) in [7, 11) is 0. The van der Waals surface area contributed by atoms with Crippen LogP contribution in [0.2, 0.25) is 0 Å². The second-order valence-corrected chi connectivity index (χ2v) is 4.60. The van der Waals surface area contributed by atoms with Gasteiger partial charge in [-0.05, 0) is 6.92 Å². The number of hydrogen-bond donors (Lipinski definition) is 2. The van der Waals surface area contributed by atoms with Crippen LogP contribution in [0.1, 0.15) is 29.3 Å². The van der Waals surface area contributed by atoms with Gasteiger partial charge in [0.25, 0.3) is 0 Å². The minimum absolute atomic E-state index is 0.0563. The molecule has 0 unspecified atom stereocenters. The van der Waals surface area contributed by atoms with E-state index in [9.17, 15) is 19.8 Å². The Morgan fingerprint density at radius 1 is 1.21 bits per heavy atom. The zero-order valence-electron chi connectivity index (χ0n) is 10.5. The monoisotopic (exact) mass is 258 g/mol. The molecule has 0 fully saturated rings. The molecule has 98 valence electrons. The van der Waals surface area contributed by atoms with Crippen molar-refractivity contribution in [3.63, 3.8) is 0 Å². The Morgan fingerprint density at radius 3 is 2.37 bits per heavy atom. The van der Waals surface area contributed by atoms with Crippen LogP contribution in [0.3, 0.4) is 0 Å². The number of aliphatic hydroxyl groups excluding tert-OH is 2. The van der Waals surface area contributed by atoms with Gasteiger partial charge in [0.1, 0.15) is 5.76 Å². The van der Waals surface area contributed by atoms with Gasteiger partial charge in [0.05, 0.1) is 6.10 Å². The van der Waals surface area contributed by atoms with Gasteiger partial charge in [0.15, 0.2) is 0 Å². The highest BCUT2D eigenvalue weighted by molar-refractivity contribution is 6.52. The predicted octanol–water partition coefficient (Wildman–Crippen LogP) is 2.05. The fourth-order valence-electron chi connectivity index (χ4n) is 1.97. The van der Waals surface area contributed by atoms with Crippen molar-refractivity contribution in [3.05, 3.63) is 53.1 Å². The molecule has 1 aliphatic rings. The standard InChI is InChI=1S/C15H14O4/c1-8(2)12(16)7-11-13(17)9-5-3-4-6-10(9)14(18)15(11)19/h3-6,12,16-17H,1,7H2,2H3/t12-/m0/s1. The van der Waals surface area contributed by atoms with E-state index in [0.29, 0.717) is 11.1 Å². The third-order valence-electron chi connectivity index (χ3n) is 3.16. The summed E-state index contributed by atoms with van der Waals surface area (Å²) in [5.74, 6) is -1.66. The molecule has 0 heterocycles. The minimum atomic E-state index is -0.959. The largest absolute Gasteiger partial charge is 0.507 e. The number of fused-ring (bicyclic) bond motifs is 1. The van der Waals surface area contributed by atoms with Gasteiger partial charge in [-0.15, -0.1) is 0 Å². The Labute approximate surface area is 110 Å². The predicted molar refractivity (Wildman–Crippen MR) is 70.8 cm³/mol. The van der Waals surface area contributed by atoms with Crippen LogP contribution >= 0.6 is 0 Å². The second kappa shape index (κ2) is 4.82. The Morgan fingerprint density at radius 2 is 1.79 bits per heavy atom. The molecule has 0 amide bonds. The van der Waals surface area contributed by atoms with Crippen molar-refractivity contribution in [2.75, 3.05) is 0 Å². The van der Waals surface area contributed by atoms with Gasteiger partial charge in [0, 0.05) is 23.1 Å². The van der Waals surface area contributed by atoms with Gasteiger partial charge in [-0.1, -0.05) is 36.4 Å². The molecule has 0 saturated heterocycles. The van der Waals surface area contributed by atoms with E-state index in [1.54, 1.807) is 25.1 Å². The SMILES string of the molecule is C=C(C)[C@@H](O)CC1=C(O)c2ccccc2C(=O)C1=O. The first-order chi connectivity index (χ1) is 8.93. The minimum Gasteiger partial charge on any atom is -0.507 e. The van der Waals surface area contributed by atoms with Crippen molar-refractivity contribution < 1.29 is 19.8 Å². The lowest BCUT2D eigenvalue weighted by molar-refractivity contribution is -0.112. The van der Waals surface area contributed by atoms with Gasteiger partial charge in [0.2, 0.25) is 11.6 Å². The number of carbonyl (C=O) groups is 2. The fraction of sp³-hybridized carbons (Fsp3) is 0.200. The summed E-state index contributed by atoms with van der Waals surface area (Å²) in [6.07, 6.45) is -1.07. The average molecular weight is 258 g/mol. The number of Topliss-reactive ketones (excluding diaryl/α,β-unsaturated/α-hetero) is 2. The molecular formula is C15H14O4. The molecule has 1 aromatic carbocycles. The molecule has 2 N–H and O–H groups in total. The molecule has 0 spiro atoms. The Balaban J connectivity index is 2.51. The van der Waals surface area contributed by atoms with Crippen molar-refractivity contribution in [2.45, 2.75) is 19.4 Å². The maximum atomic E-state index is 11.9. The molecule has 1 aromatic rings. The molecule has 0 bridgehead atoms. The topological polar surface area (TPSA) is 74.6 Å². The molecule has 1 aliphatic carbocycles. The maximum absolute atomic E-state index is 11.9. The van der Waals surface area contributed by atoms with E-state index in [1.807, 2.05) is 0 Å². The highest BCUT2D eigenvalue weighted by Crippen LogP contribution is 2.30. The van der Waals surface area contributed by atoms with Crippen LogP contribution in [0.25, 0.3) is 5.76 Å². The molecule has 2 rings (SSSR count). The summed E-state index contributed by atoms with van der Waals surface area (Å²) in [6.45, 7) is 5.20. The van der Waals surface area contributed by atoms with Crippen LogP contribution in [-0.4, -0.2) is 27.9 Å². The Bertz CT molecular complexity index is 610. The van der Waals surface area contributed by atoms with Crippen LogP contribution in [0.4, 0.5) is 0 Å². The van der Waals surface area contributed by atoms with E-state index in [0.717, 1.165) is 0 Å². The van der Waals surface area contributed by atoms with E-state index >= 15 is 0 Å². The lowest BCUT2D eigenvalue weighted by Crippen LogP contribution is -2.26. The second-order valence-electron chi connectivity index (χ2n) is 4.60. The quantitative estimate of drug-likeness (QED) is 0.642. The molecule has 0 aliphatic heterocycles. The highest BCUT2D eigenvalue weighted by Gasteiger charge is 2.33. The average Bonchev–Trinajstić information content (AvgIpc) is 2.40. The van der Waals surface area contributed by atoms with Crippen LogP contribution < -0.4 is 0 Å². The van der Waals surface area contributed by atoms with Crippen molar-refractivity contribution in [1.29, 1.82) is 0 Å². The smallest absolute Gasteiger partial charge is 0.234 e. The van der Waals surface area contributed by atoms with Crippen molar-refractivity contribution >= 4 is 17.3 Å². The van der Waals surface area contributed by atoms with Crippen LogP contribution in [0.5, 0.6) is 0 Å². The van der Waals surface area contributed by atoms with E-state index < -0.39 is 17.7 Å². The number of hydrogen-bond acceptors (Lipinski definition) is 4. The summed E-state index contributed by atoms with van der Waals surface area (Å²) >= 11 is 0. The molecule has 1 atom stereocenters. The van der Waals surface area contributed by atoms with Crippen LogP contribution in [-0.2, 0) is 4.79 Å². The maximum Gasteiger partial charge on any atom is 0.234 e. The molecule has 0 saturated carbocycles. The number of benzene rings is 1. The summed E-state index contributed by atoms with van der Waals surface area (Å²) in [6, 6.07) is 6.37. The molecule has 19 heavy (non-hydrogen) atoms. The zero-order chi connectivity index (χ0) is 14.2. The zero-order valence-corrected chi connectivity index (χ0v) is 10.5. The van der Waals surface area contributed by atoms with E-state index in [4.69, 9.17) is 0 Å². The van der Waals surface area contributed by atoms with Gasteiger partial charge in [-0.25, -0.2) is 0 Å². The lowest BCUT2D eigenvalue weighted by Gasteiger charge is -2.19. The Hall–Kier alpha value is -2.20. The van der Waals surface area contributed by atoms with Gasteiger partial charge >= 0.3 is 0 Å². The van der Waals surface area contributed by atoms with Crippen molar-refractivity contribution in [1.82, 2.24) is 0 Å². The normalized spacial score (nSPS) is 16.3. The van der Waals surface area contributed by atoms with E-state index in [-0.39, 0.29) is 23.3 Å². The molecule has 4 heteroatoms. The van der Waals surface area contributed by atoms with Gasteiger partial charge in [-0.2, -0.15) is 0 Å². The molecule has 0 aromatic heterocycles. The first kappa shape index (κ1) is 13.2.